The largest absolute Gasteiger partial charge is 0.461 e. The van der Waals surface area contributed by atoms with Crippen LogP contribution in [0.4, 0.5) is 5.69 Å². The van der Waals surface area contributed by atoms with Gasteiger partial charge in [-0.15, -0.1) is 0 Å². The Morgan fingerprint density at radius 3 is 2.64 bits per heavy atom. The molecule has 138 valence electrons. The van der Waals surface area contributed by atoms with Crippen molar-refractivity contribution in [2.24, 2.45) is 0 Å². The maximum Gasteiger partial charge on any atom is 0.260 e. The van der Waals surface area contributed by atoms with Gasteiger partial charge in [-0.1, -0.05) is 41.0 Å². The van der Waals surface area contributed by atoms with Gasteiger partial charge in [0.2, 0.25) is 11.7 Å². The molecular formula is C21H14ClN3O3. The smallest absolute Gasteiger partial charge is 0.260 e. The summed E-state index contributed by atoms with van der Waals surface area (Å²) in [6.45, 7) is 0. The number of hydrogen-bond acceptors (Lipinski definition) is 5. The average Bonchev–Trinajstić information content (AvgIpc) is 3.40. The lowest BCUT2D eigenvalue weighted by atomic mass is 10.1. The number of aromatic nitrogens is 2. The highest BCUT2D eigenvalue weighted by Crippen LogP contribution is 2.28. The van der Waals surface area contributed by atoms with E-state index in [0.29, 0.717) is 27.9 Å². The van der Waals surface area contributed by atoms with Crippen molar-refractivity contribution in [2.45, 2.75) is 0 Å². The molecule has 0 aliphatic rings. The number of furan rings is 1. The molecule has 7 heteroatoms. The Balaban J connectivity index is 1.53. The van der Waals surface area contributed by atoms with E-state index in [4.69, 9.17) is 20.5 Å². The molecule has 0 unspecified atom stereocenters. The molecule has 0 saturated carbocycles. The first-order chi connectivity index (χ1) is 13.7. The van der Waals surface area contributed by atoms with Gasteiger partial charge in [-0.25, -0.2) is 0 Å². The summed E-state index contributed by atoms with van der Waals surface area (Å²) in [7, 11) is 0. The minimum absolute atomic E-state index is 0.281. The normalized spacial score (nSPS) is 11.0. The molecule has 0 atom stereocenters. The standard InChI is InChI=1S/C21H14ClN3O3/c22-15-10-7-14(8-11-15)9-12-19(26)23-17-5-2-1-4-16(17)21-24-20(25-28-21)18-6-3-13-27-18/h1-13H,(H,23,26)/b12-9+. The van der Waals surface area contributed by atoms with E-state index in [9.17, 15) is 4.79 Å². The molecule has 1 amide bonds. The maximum absolute atomic E-state index is 12.3. The quantitative estimate of drug-likeness (QED) is 0.467. The highest BCUT2D eigenvalue weighted by Gasteiger charge is 2.16. The van der Waals surface area contributed by atoms with Gasteiger partial charge in [0.1, 0.15) is 0 Å². The molecule has 0 bridgehead atoms. The van der Waals surface area contributed by atoms with E-state index in [0.717, 1.165) is 5.56 Å². The number of nitrogens with one attached hydrogen (secondary N) is 1. The van der Waals surface area contributed by atoms with E-state index in [1.807, 2.05) is 24.3 Å². The minimum atomic E-state index is -0.284. The minimum Gasteiger partial charge on any atom is -0.461 e. The maximum atomic E-state index is 12.3. The molecule has 2 heterocycles. The number of amides is 1. The number of hydrogen-bond donors (Lipinski definition) is 1. The molecule has 4 rings (SSSR count). The lowest BCUT2D eigenvalue weighted by Gasteiger charge is -2.06. The van der Waals surface area contributed by atoms with Crippen molar-refractivity contribution in [3.05, 3.63) is 83.6 Å². The summed E-state index contributed by atoms with van der Waals surface area (Å²) < 4.78 is 10.6. The Morgan fingerprint density at radius 1 is 1.04 bits per heavy atom. The van der Waals surface area contributed by atoms with E-state index < -0.39 is 0 Å². The lowest BCUT2D eigenvalue weighted by Crippen LogP contribution is -2.08. The van der Waals surface area contributed by atoms with Crippen molar-refractivity contribution in [1.29, 1.82) is 0 Å². The molecule has 2 aromatic heterocycles. The fourth-order valence-electron chi connectivity index (χ4n) is 2.54. The third-order valence-electron chi connectivity index (χ3n) is 3.88. The van der Waals surface area contributed by atoms with Gasteiger partial charge in [0.15, 0.2) is 5.76 Å². The molecule has 0 aliphatic carbocycles. The van der Waals surface area contributed by atoms with Crippen LogP contribution in [-0.4, -0.2) is 16.0 Å². The number of carbonyl (C=O) groups excluding carboxylic acids is 1. The van der Waals surface area contributed by atoms with Crippen molar-refractivity contribution in [3.8, 4) is 23.0 Å². The number of nitrogens with zero attached hydrogens (tertiary/aromatic N) is 2. The molecule has 0 radical (unpaired) electrons. The van der Waals surface area contributed by atoms with Gasteiger partial charge in [-0.2, -0.15) is 4.98 Å². The SMILES string of the molecule is O=C(/C=C/c1ccc(Cl)cc1)Nc1ccccc1-c1nc(-c2ccco2)no1. The van der Waals surface area contributed by atoms with Crippen LogP contribution in [0.1, 0.15) is 5.56 Å². The molecule has 0 fully saturated rings. The van der Waals surface area contributed by atoms with Crippen LogP contribution in [0.25, 0.3) is 29.1 Å². The molecule has 0 saturated heterocycles. The van der Waals surface area contributed by atoms with Gasteiger partial charge in [0.05, 0.1) is 17.5 Å². The van der Waals surface area contributed by atoms with Crippen molar-refractivity contribution in [3.63, 3.8) is 0 Å². The van der Waals surface area contributed by atoms with Crippen LogP contribution >= 0.6 is 11.6 Å². The van der Waals surface area contributed by atoms with Crippen LogP contribution in [0, 0.1) is 0 Å². The first-order valence-electron chi connectivity index (χ1n) is 8.41. The van der Waals surface area contributed by atoms with Crippen molar-refractivity contribution in [1.82, 2.24) is 10.1 Å². The van der Waals surface area contributed by atoms with E-state index >= 15 is 0 Å². The van der Waals surface area contributed by atoms with Gasteiger partial charge in [-0.3, -0.25) is 4.79 Å². The number of anilines is 1. The summed E-state index contributed by atoms with van der Waals surface area (Å²) in [5.74, 6) is 0.836. The highest BCUT2D eigenvalue weighted by atomic mass is 35.5. The fraction of sp³-hybridized carbons (Fsp3) is 0. The number of benzene rings is 2. The zero-order valence-electron chi connectivity index (χ0n) is 14.5. The van der Waals surface area contributed by atoms with Crippen LogP contribution < -0.4 is 5.32 Å². The third kappa shape index (κ3) is 4.02. The Labute approximate surface area is 165 Å². The van der Waals surface area contributed by atoms with Crippen molar-refractivity contribution < 1.29 is 13.7 Å². The van der Waals surface area contributed by atoms with E-state index in [1.165, 1.54) is 12.3 Å². The first-order valence-corrected chi connectivity index (χ1v) is 8.78. The zero-order valence-corrected chi connectivity index (χ0v) is 15.3. The molecular weight excluding hydrogens is 378 g/mol. The van der Waals surface area contributed by atoms with E-state index in [1.54, 1.807) is 42.5 Å². The molecule has 2 aromatic carbocycles. The number of carbonyl (C=O) groups is 1. The second-order valence-corrected chi connectivity index (χ2v) is 6.26. The summed E-state index contributed by atoms with van der Waals surface area (Å²) in [5, 5.41) is 7.40. The summed E-state index contributed by atoms with van der Waals surface area (Å²) in [6, 6.07) is 17.9. The second kappa shape index (κ2) is 7.94. The average molecular weight is 392 g/mol. The Morgan fingerprint density at radius 2 is 1.86 bits per heavy atom. The zero-order chi connectivity index (χ0) is 19.3. The van der Waals surface area contributed by atoms with Crippen LogP contribution in [0.2, 0.25) is 5.02 Å². The van der Waals surface area contributed by atoms with Gasteiger partial charge < -0.3 is 14.3 Å². The van der Waals surface area contributed by atoms with Gasteiger partial charge in [-0.05, 0) is 48.0 Å². The molecule has 4 aromatic rings. The topological polar surface area (TPSA) is 81.2 Å². The number of para-hydroxylation sites is 1. The van der Waals surface area contributed by atoms with Crippen LogP contribution in [0.15, 0.2) is 81.9 Å². The van der Waals surface area contributed by atoms with Gasteiger partial charge >= 0.3 is 0 Å². The molecule has 1 N–H and O–H groups in total. The molecule has 28 heavy (non-hydrogen) atoms. The van der Waals surface area contributed by atoms with Crippen LogP contribution in [0.3, 0.4) is 0 Å². The second-order valence-electron chi connectivity index (χ2n) is 5.82. The van der Waals surface area contributed by atoms with Gasteiger partial charge in [0, 0.05) is 11.1 Å². The van der Waals surface area contributed by atoms with Crippen molar-refractivity contribution >= 4 is 29.3 Å². The molecule has 0 spiro atoms. The number of rotatable bonds is 5. The Hall–Kier alpha value is -3.64. The summed E-state index contributed by atoms with van der Waals surface area (Å²) >= 11 is 5.86. The van der Waals surface area contributed by atoms with Crippen LogP contribution in [-0.2, 0) is 4.79 Å². The van der Waals surface area contributed by atoms with Crippen molar-refractivity contribution in [2.75, 3.05) is 5.32 Å². The molecule has 6 nitrogen and oxygen atoms in total. The summed E-state index contributed by atoms with van der Waals surface area (Å²) in [6.07, 6.45) is 4.69. The summed E-state index contributed by atoms with van der Waals surface area (Å²) in [4.78, 5) is 16.7. The Bertz CT molecular complexity index is 1120. The molecule has 0 aliphatic heterocycles. The van der Waals surface area contributed by atoms with E-state index in [2.05, 4.69) is 15.5 Å². The Kier molecular flexibility index (Phi) is 5.03. The predicted octanol–water partition coefficient (Wildman–Crippen LogP) is 5.30. The third-order valence-corrected chi connectivity index (χ3v) is 4.13. The lowest BCUT2D eigenvalue weighted by molar-refractivity contribution is -0.111. The number of halogens is 1. The fourth-order valence-corrected chi connectivity index (χ4v) is 2.66. The first kappa shape index (κ1) is 17.8. The highest BCUT2D eigenvalue weighted by molar-refractivity contribution is 6.30. The van der Waals surface area contributed by atoms with Gasteiger partial charge in [0.25, 0.3) is 5.89 Å². The summed E-state index contributed by atoms with van der Waals surface area (Å²) in [5.41, 5.74) is 2.04. The van der Waals surface area contributed by atoms with E-state index in [-0.39, 0.29) is 11.8 Å². The monoisotopic (exact) mass is 391 g/mol. The van der Waals surface area contributed by atoms with Crippen LogP contribution in [0.5, 0.6) is 0 Å². The predicted molar refractivity (Wildman–Crippen MR) is 107 cm³/mol.